The van der Waals surface area contributed by atoms with Gasteiger partial charge in [0.25, 0.3) is 0 Å². The number of aromatic nitrogens is 4. The molecule has 38 heavy (non-hydrogen) atoms. The molecule has 0 fully saturated rings. The number of primary sulfonamides is 1. The minimum atomic E-state index is -3.98. The molecule has 0 aliphatic rings. The summed E-state index contributed by atoms with van der Waals surface area (Å²) in [5.74, 6) is 0.671. The quantitative estimate of drug-likeness (QED) is 0.266. The van der Waals surface area contributed by atoms with Crippen LogP contribution in [0.4, 0.5) is 11.5 Å². The van der Waals surface area contributed by atoms with Crippen molar-refractivity contribution in [2.45, 2.75) is 11.4 Å². The molecule has 0 spiro atoms. The summed E-state index contributed by atoms with van der Waals surface area (Å²) in [5, 5.41) is 13.2. The van der Waals surface area contributed by atoms with Crippen molar-refractivity contribution in [1.82, 2.24) is 19.6 Å². The van der Waals surface area contributed by atoms with Crippen LogP contribution in [0.25, 0.3) is 28.0 Å². The molecule has 13 heteroatoms. The third-order valence-electron chi connectivity index (χ3n) is 5.65. The van der Waals surface area contributed by atoms with Crippen molar-refractivity contribution in [3.63, 3.8) is 0 Å². The normalized spacial score (nSPS) is 11.9. The van der Waals surface area contributed by atoms with Gasteiger partial charge >= 0.3 is 0 Å². The third-order valence-corrected chi connectivity index (χ3v) is 7.13. The smallest absolute Gasteiger partial charge is 0.239 e. The van der Waals surface area contributed by atoms with Gasteiger partial charge in [0, 0.05) is 36.3 Å². The highest BCUT2D eigenvalue weighted by molar-refractivity contribution is 7.92. The number of para-hydroxylation sites is 1. The minimum absolute atomic E-state index is 0.161. The van der Waals surface area contributed by atoms with Gasteiger partial charge in [-0.15, -0.1) is 5.10 Å². The lowest BCUT2D eigenvalue weighted by Crippen LogP contribution is -2.14. The van der Waals surface area contributed by atoms with Crippen molar-refractivity contribution in [2.24, 2.45) is 5.14 Å². The highest BCUT2D eigenvalue weighted by atomic mass is 32.2. The summed E-state index contributed by atoms with van der Waals surface area (Å²) >= 11 is 0. The molecule has 5 aromatic rings. The van der Waals surface area contributed by atoms with Gasteiger partial charge in [-0.1, -0.05) is 48.5 Å². The Morgan fingerprint density at radius 1 is 0.921 bits per heavy atom. The van der Waals surface area contributed by atoms with E-state index in [0.29, 0.717) is 28.1 Å². The fourth-order valence-corrected chi connectivity index (χ4v) is 5.07. The van der Waals surface area contributed by atoms with Crippen molar-refractivity contribution < 1.29 is 16.8 Å². The fourth-order valence-electron chi connectivity index (χ4n) is 3.97. The Bertz CT molecular complexity index is 1860. The van der Waals surface area contributed by atoms with Crippen LogP contribution in [0, 0.1) is 0 Å². The van der Waals surface area contributed by atoms with Gasteiger partial charge in [-0.3, -0.25) is 9.71 Å². The van der Waals surface area contributed by atoms with E-state index in [0.717, 1.165) is 23.6 Å². The van der Waals surface area contributed by atoms with Crippen molar-refractivity contribution in [2.75, 3.05) is 16.3 Å². The SMILES string of the molecule is CS(=O)(=O)Nc1ccccc1CNc1nc(-c2cncc(S(N)(=O)=O)c2)nn2ccc(-c3ccccc3)c12. The molecule has 0 atom stereocenters. The van der Waals surface area contributed by atoms with Crippen LogP contribution < -0.4 is 15.2 Å². The Morgan fingerprint density at radius 3 is 2.39 bits per heavy atom. The first kappa shape index (κ1) is 25.3. The molecule has 0 amide bonds. The second-order valence-corrected chi connectivity index (χ2v) is 11.8. The molecule has 0 radical (unpaired) electrons. The molecule has 5 rings (SSSR count). The first-order chi connectivity index (χ1) is 18.1. The molecule has 0 unspecified atom stereocenters. The number of pyridine rings is 1. The van der Waals surface area contributed by atoms with Crippen molar-refractivity contribution in [3.05, 3.63) is 90.9 Å². The van der Waals surface area contributed by atoms with E-state index in [2.05, 4.69) is 20.1 Å². The van der Waals surface area contributed by atoms with Crippen molar-refractivity contribution in [3.8, 4) is 22.5 Å². The summed E-state index contributed by atoms with van der Waals surface area (Å²) in [4.78, 5) is 8.55. The molecule has 0 aliphatic heterocycles. The number of nitrogens with zero attached hydrogens (tertiary/aromatic N) is 4. The van der Waals surface area contributed by atoms with Crippen LogP contribution in [0.2, 0.25) is 0 Å². The van der Waals surface area contributed by atoms with Crippen molar-refractivity contribution >= 4 is 37.1 Å². The summed E-state index contributed by atoms with van der Waals surface area (Å²) in [6, 6.07) is 20.0. The molecule has 0 bridgehead atoms. The van der Waals surface area contributed by atoms with E-state index in [4.69, 9.17) is 10.1 Å². The van der Waals surface area contributed by atoms with Gasteiger partial charge in [0.05, 0.1) is 11.9 Å². The predicted molar refractivity (Wildman–Crippen MR) is 145 cm³/mol. The number of benzene rings is 2. The van der Waals surface area contributed by atoms with Crippen LogP contribution in [-0.2, 0) is 26.6 Å². The van der Waals surface area contributed by atoms with Gasteiger partial charge in [-0.05, 0) is 29.3 Å². The standard InChI is InChI=1S/C25H23N7O4S2/c1-37(33,34)31-22-10-6-5-9-18(22)15-28-25-23-21(17-7-3-2-4-8-17)11-12-32(23)30-24(29-25)19-13-20(16-27-14-19)38(26,35)36/h2-14,16,31H,15H2,1H3,(H2,26,35,36)(H,28,29,30). The van der Waals surface area contributed by atoms with E-state index in [1.807, 2.05) is 42.5 Å². The second kappa shape index (κ2) is 9.85. The van der Waals surface area contributed by atoms with Gasteiger partial charge < -0.3 is 5.32 Å². The summed E-state index contributed by atoms with van der Waals surface area (Å²) in [6.45, 7) is 0.236. The van der Waals surface area contributed by atoms with E-state index in [-0.39, 0.29) is 17.3 Å². The van der Waals surface area contributed by atoms with Crippen LogP contribution in [0.3, 0.4) is 0 Å². The van der Waals surface area contributed by atoms with Crippen LogP contribution in [0.1, 0.15) is 5.56 Å². The minimum Gasteiger partial charge on any atom is -0.364 e. The van der Waals surface area contributed by atoms with E-state index >= 15 is 0 Å². The maximum Gasteiger partial charge on any atom is 0.239 e. The van der Waals surface area contributed by atoms with Crippen LogP contribution in [-0.4, -0.2) is 42.7 Å². The summed E-state index contributed by atoms with van der Waals surface area (Å²) in [7, 11) is -7.46. The summed E-state index contributed by atoms with van der Waals surface area (Å²) < 4.78 is 51.6. The number of hydrogen-bond donors (Lipinski definition) is 3. The molecule has 0 saturated carbocycles. The van der Waals surface area contributed by atoms with Gasteiger partial charge in [0.1, 0.15) is 10.4 Å². The van der Waals surface area contributed by atoms with Crippen LogP contribution >= 0.6 is 0 Å². The summed E-state index contributed by atoms with van der Waals surface area (Å²) in [6.07, 6.45) is 5.48. The number of nitrogens with two attached hydrogens (primary N) is 1. The van der Waals surface area contributed by atoms with E-state index in [1.165, 1.54) is 12.3 Å². The molecule has 2 aromatic carbocycles. The Balaban J connectivity index is 1.63. The lowest BCUT2D eigenvalue weighted by atomic mass is 10.1. The number of nitrogens with one attached hydrogen (secondary N) is 2. The Hall–Kier alpha value is -4.33. The molecule has 194 valence electrons. The Morgan fingerprint density at radius 2 is 1.66 bits per heavy atom. The maximum absolute atomic E-state index is 11.9. The number of rotatable bonds is 8. The Labute approximate surface area is 219 Å². The lowest BCUT2D eigenvalue weighted by molar-refractivity contribution is 0.597. The monoisotopic (exact) mass is 549 g/mol. The van der Waals surface area contributed by atoms with Crippen molar-refractivity contribution in [1.29, 1.82) is 0 Å². The van der Waals surface area contributed by atoms with E-state index < -0.39 is 20.0 Å². The zero-order valence-electron chi connectivity index (χ0n) is 20.1. The maximum atomic E-state index is 11.9. The highest BCUT2D eigenvalue weighted by Crippen LogP contribution is 2.32. The zero-order valence-corrected chi connectivity index (χ0v) is 21.7. The largest absolute Gasteiger partial charge is 0.364 e. The lowest BCUT2D eigenvalue weighted by Gasteiger charge is -2.14. The Kier molecular flexibility index (Phi) is 6.57. The number of sulfonamides is 2. The van der Waals surface area contributed by atoms with Gasteiger partial charge in [0.15, 0.2) is 11.6 Å². The first-order valence-electron chi connectivity index (χ1n) is 11.3. The molecular formula is C25H23N7O4S2. The zero-order chi connectivity index (χ0) is 26.9. The van der Waals surface area contributed by atoms with E-state index in [1.54, 1.807) is 28.9 Å². The first-order valence-corrected chi connectivity index (χ1v) is 14.7. The average molecular weight is 550 g/mol. The molecule has 4 N–H and O–H groups in total. The second-order valence-electron chi connectivity index (χ2n) is 8.51. The number of anilines is 2. The van der Waals surface area contributed by atoms with Crippen LogP contribution in [0.15, 0.2) is 90.2 Å². The molecular weight excluding hydrogens is 526 g/mol. The molecule has 11 nitrogen and oxygen atoms in total. The molecule has 0 saturated heterocycles. The summed E-state index contributed by atoms with van der Waals surface area (Å²) in [5.41, 5.74) is 4.00. The van der Waals surface area contributed by atoms with Gasteiger partial charge in [0.2, 0.25) is 20.0 Å². The highest BCUT2D eigenvalue weighted by Gasteiger charge is 2.18. The molecule has 0 aliphatic carbocycles. The topological polar surface area (TPSA) is 161 Å². The fraction of sp³-hybridized carbons (Fsp3) is 0.0800. The molecule has 3 aromatic heterocycles. The number of fused-ring (bicyclic) bond motifs is 1. The van der Waals surface area contributed by atoms with Crippen LogP contribution in [0.5, 0.6) is 0 Å². The van der Waals surface area contributed by atoms with Gasteiger partial charge in [-0.2, -0.15) is 0 Å². The number of hydrogen-bond acceptors (Lipinski definition) is 8. The van der Waals surface area contributed by atoms with E-state index in [9.17, 15) is 16.8 Å². The predicted octanol–water partition coefficient (Wildman–Crippen LogP) is 3.09. The third kappa shape index (κ3) is 5.49. The molecule has 3 heterocycles. The average Bonchev–Trinajstić information content (AvgIpc) is 3.31. The van der Waals surface area contributed by atoms with Gasteiger partial charge in [-0.25, -0.2) is 31.5 Å².